The largest absolute Gasteiger partial charge is 0.360 e. The van der Waals surface area contributed by atoms with Crippen LogP contribution in [0.4, 0.5) is 0 Å². The molecule has 2 heterocycles. The summed E-state index contributed by atoms with van der Waals surface area (Å²) in [5, 5.41) is 3.74. The Morgan fingerprint density at radius 3 is 2.29 bits per heavy atom. The minimum absolute atomic E-state index is 0.0881. The highest BCUT2D eigenvalue weighted by Crippen LogP contribution is 2.31. The molecule has 3 rings (SSSR count). The van der Waals surface area contributed by atoms with Crippen molar-refractivity contribution >= 4 is 20.2 Å². The van der Waals surface area contributed by atoms with Crippen molar-refractivity contribution in [3.63, 3.8) is 0 Å². The van der Waals surface area contributed by atoms with E-state index >= 15 is 0 Å². The predicted octanol–water partition coefficient (Wildman–Crippen LogP) is 1.35. The summed E-state index contributed by atoms with van der Waals surface area (Å²) >= 11 is 0. The molecule has 0 aromatic carbocycles. The Morgan fingerprint density at radius 1 is 1.07 bits per heavy atom. The first-order valence-corrected chi connectivity index (χ1v) is 12.7. The van der Waals surface area contributed by atoms with Gasteiger partial charge in [-0.1, -0.05) is 12.1 Å². The minimum atomic E-state index is -3.77. The number of nitrogens with zero attached hydrogens (tertiary/aromatic N) is 4. The molecule has 0 unspecified atom stereocenters. The van der Waals surface area contributed by atoms with Crippen LogP contribution in [0.3, 0.4) is 0 Å². The molecule has 11 heteroatoms. The number of rotatable bonds is 8. The molecule has 0 atom stereocenters. The van der Waals surface area contributed by atoms with Crippen LogP contribution in [-0.2, 0) is 20.2 Å². The Labute approximate surface area is 167 Å². The van der Waals surface area contributed by atoms with Gasteiger partial charge in [-0.2, -0.15) is 21.3 Å². The fourth-order valence-electron chi connectivity index (χ4n) is 3.62. The Hall–Kier alpha value is -1.01. The average Bonchev–Trinajstić information content (AvgIpc) is 3.41. The van der Waals surface area contributed by atoms with Crippen LogP contribution >= 0.6 is 0 Å². The molecule has 0 amide bonds. The molecule has 1 aliphatic carbocycles. The van der Waals surface area contributed by atoms with Crippen LogP contribution in [0.2, 0.25) is 0 Å². The van der Waals surface area contributed by atoms with E-state index in [1.807, 2.05) is 6.92 Å². The van der Waals surface area contributed by atoms with Gasteiger partial charge < -0.3 is 4.52 Å². The zero-order chi connectivity index (χ0) is 20.5. The van der Waals surface area contributed by atoms with Gasteiger partial charge >= 0.3 is 0 Å². The second kappa shape index (κ2) is 8.39. The minimum Gasteiger partial charge on any atom is -0.360 e. The van der Waals surface area contributed by atoms with E-state index in [1.165, 1.54) is 8.61 Å². The summed E-state index contributed by atoms with van der Waals surface area (Å²) in [6, 6.07) is 0. The summed E-state index contributed by atoms with van der Waals surface area (Å²) < 4.78 is 61.7. The first kappa shape index (κ1) is 21.7. The van der Waals surface area contributed by atoms with Crippen LogP contribution < -0.4 is 0 Å². The van der Waals surface area contributed by atoms with Crippen molar-refractivity contribution in [2.45, 2.75) is 51.3 Å². The molecule has 0 spiro atoms. The van der Waals surface area contributed by atoms with Crippen molar-refractivity contribution in [3.05, 3.63) is 11.5 Å². The fraction of sp³-hybridized carbons (Fsp3) is 0.824. The van der Waals surface area contributed by atoms with E-state index in [0.717, 1.165) is 19.3 Å². The van der Waals surface area contributed by atoms with E-state index in [1.54, 1.807) is 18.2 Å². The lowest BCUT2D eigenvalue weighted by molar-refractivity contribution is 0.331. The molecule has 0 bridgehead atoms. The zero-order valence-electron chi connectivity index (χ0n) is 16.8. The molecule has 9 nitrogen and oxygen atoms in total. The number of sulfonamides is 1. The molecule has 1 aromatic heterocycles. The van der Waals surface area contributed by atoms with Gasteiger partial charge in [-0.3, -0.25) is 0 Å². The van der Waals surface area contributed by atoms with Gasteiger partial charge in [0.15, 0.2) is 5.76 Å². The third-order valence-corrected chi connectivity index (χ3v) is 9.41. The highest BCUT2D eigenvalue weighted by Gasteiger charge is 2.37. The van der Waals surface area contributed by atoms with Crippen LogP contribution in [0.15, 0.2) is 9.42 Å². The monoisotopic (exact) mass is 434 g/mol. The molecule has 1 saturated heterocycles. The van der Waals surface area contributed by atoms with Crippen molar-refractivity contribution in [3.8, 4) is 0 Å². The van der Waals surface area contributed by atoms with Crippen molar-refractivity contribution < 1.29 is 21.4 Å². The van der Waals surface area contributed by atoms with E-state index in [2.05, 4.69) is 5.16 Å². The van der Waals surface area contributed by atoms with E-state index in [4.69, 9.17) is 4.52 Å². The highest BCUT2D eigenvalue weighted by molar-refractivity contribution is 7.89. The summed E-state index contributed by atoms with van der Waals surface area (Å²) in [5.41, 5.74) is 0.324. The molecular formula is C17H30N4O5S2. The third-order valence-electron chi connectivity index (χ3n) is 5.26. The lowest BCUT2D eigenvalue weighted by Gasteiger charge is -2.29. The summed E-state index contributed by atoms with van der Waals surface area (Å²) in [5.74, 6) is 0.717. The van der Waals surface area contributed by atoms with Gasteiger partial charge in [0.25, 0.3) is 10.2 Å². The quantitative estimate of drug-likeness (QED) is 0.612. The SMILES string of the molecule is CCCN(CC1CC1)S(=O)(=O)N1CCCN(S(=O)(=O)c2c(C)noc2C)CC1. The molecule has 1 saturated carbocycles. The fourth-order valence-corrected chi connectivity index (χ4v) is 7.19. The second-order valence-electron chi connectivity index (χ2n) is 7.62. The molecular weight excluding hydrogens is 404 g/mol. The lowest BCUT2D eigenvalue weighted by atomic mass is 10.4. The Kier molecular flexibility index (Phi) is 6.50. The summed E-state index contributed by atoms with van der Waals surface area (Å²) in [6.07, 6.45) is 3.37. The van der Waals surface area contributed by atoms with Crippen molar-refractivity contribution in [2.24, 2.45) is 5.92 Å². The van der Waals surface area contributed by atoms with Crippen LogP contribution in [0.5, 0.6) is 0 Å². The molecule has 1 aromatic rings. The topological polar surface area (TPSA) is 104 Å². The van der Waals surface area contributed by atoms with Gasteiger partial charge in [-0.15, -0.1) is 0 Å². The first-order valence-electron chi connectivity index (χ1n) is 9.86. The lowest BCUT2D eigenvalue weighted by Crippen LogP contribution is -2.46. The maximum atomic E-state index is 13.1. The Morgan fingerprint density at radius 2 is 1.71 bits per heavy atom. The number of aromatic nitrogens is 1. The maximum Gasteiger partial charge on any atom is 0.282 e. The van der Waals surface area contributed by atoms with Crippen molar-refractivity contribution in [2.75, 3.05) is 39.3 Å². The molecule has 0 radical (unpaired) electrons. The van der Waals surface area contributed by atoms with E-state index in [9.17, 15) is 16.8 Å². The zero-order valence-corrected chi connectivity index (χ0v) is 18.4. The van der Waals surface area contributed by atoms with Gasteiger partial charge in [-0.25, -0.2) is 8.42 Å². The van der Waals surface area contributed by atoms with Crippen LogP contribution in [-0.4, -0.2) is 74.2 Å². The Balaban J connectivity index is 1.75. The normalized spacial score (nSPS) is 20.6. The molecule has 2 fully saturated rings. The molecule has 160 valence electrons. The van der Waals surface area contributed by atoms with E-state index < -0.39 is 20.2 Å². The van der Waals surface area contributed by atoms with Crippen molar-refractivity contribution in [1.29, 1.82) is 0 Å². The number of aryl methyl sites for hydroxylation is 2. The smallest absolute Gasteiger partial charge is 0.282 e. The first-order chi connectivity index (χ1) is 13.2. The van der Waals surface area contributed by atoms with E-state index in [-0.39, 0.29) is 30.3 Å². The predicted molar refractivity (Wildman–Crippen MR) is 104 cm³/mol. The maximum absolute atomic E-state index is 13.1. The van der Waals surface area contributed by atoms with Crippen molar-refractivity contribution in [1.82, 2.24) is 18.1 Å². The second-order valence-corrected chi connectivity index (χ2v) is 11.4. The van der Waals surface area contributed by atoms with Crippen LogP contribution in [0.25, 0.3) is 0 Å². The van der Waals surface area contributed by atoms with Gasteiger partial charge in [0.05, 0.1) is 0 Å². The van der Waals surface area contributed by atoms with Gasteiger partial charge in [0, 0.05) is 39.3 Å². The summed E-state index contributed by atoms with van der Waals surface area (Å²) in [7, 11) is -7.36. The number of hydrogen-bond donors (Lipinski definition) is 0. The average molecular weight is 435 g/mol. The van der Waals surface area contributed by atoms with E-state index in [0.29, 0.717) is 37.7 Å². The highest BCUT2D eigenvalue weighted by atomic mass is 32.2. The van der Waals surface area contributed by atoms with Crippen LogP contribution in [0.1, 0.15) is 44.1 Å². The third kappa shape index (κ3) is 4.43. The molecule has 2 aliphatic rings. The summed E-state index contributed by atoms with van der Waals surface area (Å²) in [6.45, 7) is 7.06. The molecule has 0 N–H and O–H groups in total. The summed E-state index contributed by atoms with van der Waals surface area (Å²) in [4.78, 5) is 0.0881. The van der Waals surface area contributed by atoms with Crippen LogP contribution in [0, 0.1) is 19.8 Å². The van der Waals surface area contributed by atoms with Gasteiger partial charge in [-0.05, 0) is 45.4 Å². The number of hydrogen-bond acceptors (Lipinski definition) is 6. The van der Waals surface area contributed by atoms with Gasteiger partial charge in [0.1, 0.15) is 10.6 Å². The molecule has 1 aliphatic heterocycles. The van der Waals surface area contributed by atoms with Gasteiger partial charge in [0.2, 0.25) is 10.0 Å². The molecule has 28 heavy (non-hydrogen) atoms. The standard InChI is InChI=1S/C17H30N4O5S2/c1-4-8-21(13-16-6-7-16)28(24,25)20-10-5-9-19(11-12-20)27(22,23)17-14(2)18-26-15(17)3/h16H,4-13H2,1-3H3. The Bertz CT molecular complexity index is 873.